The zero-order chi connectivity index (χ0) is 17.9. The molecule has 5 heteroatoms. The van der Waals surface area contributed by atoms with Crippen LogP contribution in [0.5, 0.6) is 11.5 Å². The Morgan fingerprint density at radius 2 is 1.50 bits per heavy atom. The highest BCUT2D eigenvalue weighted by molar-refractivity contribution is 5.79. The Hall–Kier alpha value is -4.32. The van der Waals surface area contributed by atoms with Crippen molar-refractivity contribution < 1.29 is 9.84 Å². The maximum atomic E-state index is 10.2. The van der Waals surface area contributed by atoms with Crippen LogP contribution in [0.1, 0.15) is 6.92 Å². The van der Waals surface area contributed by atoms with Gasteiger partial charge >= 0.3 is 0 Å². The summed E-state index contributed by atoms with van der Waals surface area (Å²) in [5.41, 5.74) is 2.78. The number of phenolic OH excluding ortho intramolecular Hbond substituents is 1. The second kappa shape index (κ2) is 6.29. The fraction of sp³-hybridized carbons (Fsp3) is 0.0476. The molecule has 2 aromatic heterocycles. The average Bonchev–Trinajstić information content (AvgIpc) is 3.32. The van der Waals surface area contributed by atoms with Gasteiger partial charge in [-0.3, -0.25) is 0 Å². The molecule has 0 radical (unpaired) electrons. The highest BCUT2D eigenvalue weighted by atomic mass is 16.5. The summed E-state index contributed by atoms with van der Waals surface area (Å²) in [6.45, 7) is 1.71. The predicted octanol–water partition coefficient (Wildman–Crippen LogP) is 2.50. The van der Waals surface area contributed by atoms with Crippen molar-refractivity contribution in [2.45, 2.75) is 6.92 Å². The zero-order valence-corrected chi connectivity index (χ0v) is 13.7. The molecule has 5 nitrogen and oxygen atoms in total. The minimum absolute atomic E-state index is 0.151. The van der Waals surface area contributed by atoms with Gasteiger partial charge in [0.25, 0.3) is 0 Å². The number of benzene rings is 2. The van der Waals surface area contributed by atoms with E-state index >= 15 is 0 Å². The summed E-state index contributed by atoms with van der Waals surface area (Å²) in [7, 11) is 0. The first-order chi connectivity index (χ1) is 12.8. The standard InChI is InChI=1S/C21H11N3O2/c1-2-3-4-5-6-7-10-15-26-17-13-14-21(25)20(16-17)24-22-18-11-8-9-12-19(18)23(22)24/h8-9,11-14,16,25H,1H3. The minimum Gasteiger partial charge on any atom is -0.506 e. The van der Waals surface area contributed by atoms with Gasteiger partial charge in [0.15, 0.2) is 0 Å². The molecular formula is C21H11N3O2. The van der Waals surface area contributed by atoms with Gasteiger partial charge in [-0.05, 0) is 49.0 Å². The van der Waals surface area contributed by atoms with Gasteiger partial charge in [-0.2, -0.15) is 0 Å². The smallest absolute Gasteiger partial charge is 0.143 e. The average molecular weight is 337 g/mol. The van der Waals surface area contributed by atoms with E-state index in [9.17, 15) is 5.11 Å². The Balaban J connectivity index is 1.55. The minimum atomic E-state index is 0.151. The number of para-hydroxylation sites is 2. The van der Waals surface area contributed by atoms with E-state index in [-0.39, 0.29) is 5.75 Å². The van der Waals surface area contributed by atoms with Gasteiger partial charge in [-0.25, -0.2) is 0 Å². The van der Waals surface area contributed by atoms with Crippen molar-refractivity contribution >= 4 is 11.0 Å². The largest absolute Gasteiger partial charge is 0.506 e. The van der Waals surface area contributed by atoms with Gasteiger partial charge < -0.3 is 9.84 Å². The second-order valence-electron chi connectivity index (χ2n) is 5.21. The maximum absolute atomic E-state index is 10.2. The van der Waals surface area contributed by atoms with Crippen molar-refractivity contribution in [3.05, 3.63) is 42.5 Å². The highest BCUT2D eigenvalue weighted by Gasteiger charge is 2.25. The normalized spacial score (nSPS) is 9.42. The number of nitrogens with zero attached hydrogens (tertiary/aromatic N) is 3. The number of ether oxygens (including phenoxy) is 1. The summed E-state index contributed by atoms with van der Waals surface area (Å²) in [5.74, 6) is 18.7. The van der Waals surface area contributed by atoms with Crippen LogP contribution in [0.3, 0.4) is 0 Å². The van der Waals surface area contributed by atoms with Crippen molar-refractivity contribution in [2.24, 2.45) is 0 Å². The lowest BCUT2D eigenvalue weighted by Crippen LogP contribution is -1.89. The molecule has 4 aromatic rings. The lowest BCUT2D eigenvalue weighted by Gasteiger charge is -2.01. The first kappa shape index (κ1) is 15.2. The third-order valence-corrected chi connectivity index (χ3v) is 3.64. The monoisotopic (exact) mass is 337 g/mol. The SMILES string of the molecule is CC#CC#CC#CC#COc1ccc(O)c(-n2n3c4ccccc4n23)c1. The molecule has 0 bridgehead atoms. The van der Waals surface area contributed by atoms with Crippen LogP contribution in [-0.2, 0) is 0 Å². The molecule has 0 aliphatic carbocycles. The molecule has 0 unspecified atom stereocenters. The summed E-state index contributed by atoms with van der Waals surface area (Å²) < 4.78 is 9.26. The maximum Gasteiger partial charge on any atom is 0.143 e. The van der Waals surface area contributed by atoms with Gasteiger partial charge in [0.2, 0.25) is 0 Å². The van der Waals surface area contributed by atoms with Crippen LogP contribution in [-0.4, -0.2) is 19.2 Å². The molecule has 0 amide bonds. The Morgan fingerprint density at radius 1 is 0.846 bits per heavy atom. The molecule has 0 aliphatic heterocycles. The van der Waals surface area contributed by atoms with Crippen LogP contribution in [0.2, 0.25) is 0 Å². The summed E-state index contributed by atoms with van der Waals surface area (Å²) in [6.07, 6.45) is 2.50. The van der Waals surface area contributed by atoms with Crippen molar-refractivity contribution in [3.63, 3.8) is 0 Å². The molecule has 0 fully saturated rings. The van der Waals surface area contributed by atoms with Gasteiger partial charge in [0.1, 0.15) is 34.3 Å². The van der Waals surface area contributed by atoms with Gasteiger partial charge in [0, 0.05) is 23.8 Å². The van der Waals surface area contributed by atoms with Crippen LogP contribution in [0.4, 0.5) is 0 Å². The Bertz CT molecular complexity index is 1310. The summed E-state index contributed by atoms with van der Waals surface area (Å²) in [5, 5.41) is 10.2. The second-order valence-corrected chi connectivity index (χ2v) is 5.21. The topological polar surface area (TPSA) is 43.2 Å². The van der Waals surface area contributed by atoms with Crippen LogP contribution in [0, 0.1) is 47.5 Å². The van der Waals surface area contributed by atoms with Crippen molar-refractivity contribution in [1.29, 1.82) is 0 Å². The quantitative estimate of drug-likeness (QED) is 0.571. The zero-order valence-electron chi connectivity index (χ0n) is 13.7. The van der Waals surface area contributed by atoms with Crippen LogP contribution in [0.25, 0.3) is 16.7 Å². The Kier molecular flexibility index (Phi) is 3.68. The molecule has 4 rings (SSSR count). The number of phenols is 1. The third-order valence-electron chi connectivity index (χ3n) is 3.64. The molecular weight excluding hydrogens is 326 g/mol. The first-order valence-corrected chi connectivity index (χ1v) is 7.72. The Labute approximate surface area is 149 Å². The Morgan fingerprint density at radius 3 is 2.19 bits per heavy atom. The van der Waals surface area contributed by atoms with E-state index in [0.29, 0.717) is 11.4 Å². The molecule has 0 spiro atoms. The van der Waals surface area contributed by atoms with E-state index in [4.69, 9.17) is 4.74 Å². The summed E-state index contributed by atoms with van der Waals surface area (Å²) >= 11 is 0. The van der Waals surface area contributed by atoms with E-state index in [2.05, 4.69) is 47.5 Å². The number of rotatable bonds is 2. The number of fused-ring (bicyclic) bond motifs is 4. The first-order valence-electron chi connectivity index (χ1n) is 7.72. The molecule has 1 N–H and O–H groups in total. The molecule has 2 aromatic carbocycles. The lowest BCUT2D eigenvalue weighted by molar-refractivity contribution is 0.467. The van der Waals surface area contributed by atoms with E-state index in [0.717, 1.165) is 11.0 Å². The van der Waals surface area contributed by atoms with Crippen LogP contribution in [0.15, 0.2) is 42.5 Å². The molecule has 26 heavy (non-hydrogen) atoms. The van der Waals surface area contributed by atoms with Gasteiger partial charge in [-0.15, -0.1) is 14.1 Å². The highest BCUT2D eigenvalue weighted by Crippen LogP contribution is 2.32. The number of aromatic hydroxyl groups is 1. The van der Waals surface area contributed by atoms with Gasteiger partial charge in [-0.1, -0.05) is 18.1 Å². The summed E-state index contributed by atoms with van der Waals surface area (Å²) in [4.78, 5) is 1.85. The summed E-state index contributed by atoms with van der Waals surface area (Å²) in [6, 6.07) is 12.9. The van der Waals surface area contributed by atoms with Gasteiger partial charge in [0.05, 0.1) is 0 Å². The molecule has 0 saturated carbocycles. The van der Waals surface area contributed by atoms with Crippen molar-refractivity contribution in [3.8, 4) is 64.7 Å². The molecule has 122 valence electrons. The molecule has 0 atom stereocenters. The van der Waals surface area contributed by atoms with Crippen molar-refractivity contribution in [1.82, 2.24) is 14.1 Å². The predicted molar refractivity (Wildman–Crippen MR) is 97.9 cm³/mol. The van der Waals surface area contributed by atoms with E-state index in [1.54, 1.807) is 25.1 Å². The fourth-order valence-electron chi connectivity index (χ4n) is 2.52. The van der Waals surface area contributed by atoms with E-state index in [1.807, 2.05) is 38.3 Å². The van der Waals surface area contributed by atoms with Crippen LogP contribution >= 0.6 is 0 Å². The molecule has 0 saturated heterocycles. The third kappa shape index (κ3) is 2.57. The molecule has 0 aliphatic rings. The number of hydrogen-bond donors (Lipinski definition) is 1. The lowest BCUT2D eigenvalue weighted by atomic mass is 10.3. The number of hydrogen-bond acceptors (Lipinski definition) is 2. The van der Waals surface area contributed by atoms with Crippen LogP contribution < -0.4 is 4.74 Å². The van der Waals surface area contributed by atoms with E-state index < -0.39 is 0 Å². The molecule has 2 heterocycles. The van der Waals surface area contributed by atoms with E-state index in [1.165, 1.54) is 0 Å². The van der Waals surface area contributed by atoms with Crippen molar-refractivity contribution in [2.75, 3.05) is 0 Å². The number of aromatic nitrogens is 3. The fourth-order valence-corrected chi connectivity index (χ4v) is 2.52.